The number of aromatic nitrogens is 1. The van der Waals surface area contributed by atoms with Crippen LogP contribution in [0.5, 0.6) is 0 Å². The Morgan fingerprint density at radius 3 is 3.15 bits per heavy atom. The van der Waals surface area contributed by atoms with Crippen LogP contribution in [-0.2, 0) is 4.79 Å². The van der Waals surface area contributed by atoms with Gasteiger partial charge in [0.15, 0.2) is 0 Å². The molecular weight excluding hydrogens is 274 g/mol. The van der Waals surface area contributed by atoms with Crippen molar-refractivity contribution < 1.29 is 4.79 Å². The summed E-state index contributed by atoms with van der Waals surface area (Å²) in [6.45, 7) is 1.00. The van der Waals surface area contributed by atoms with Crippen molar-refractivity contribution in [2.24, 2.45) is 0 Å². The molecule has 0 aliphatic carbocycles. The van der Waals surface area contributed by atoms with Crippen LogP contribution in [0, 0.1) is 0 Å². The van der Waals surface area contributed by atoms with Crippen molar-refractivity contribution in [3.8, 4) is 0 Å². The Kier molecular flexibility index (Phi) is 3.85. The molecule has 1 saturated heterocycles. The molecule has 1 aromatic carbocycles. The van der Waals surface area contributed by atoms with Crippen LogP contribution in [0.4, 0.5) is 5.69 Å². The number of amides is 1. The second kappa shape index (κ2) is 5.77. The van der Waals surface area contributed by atoms with Crippen molar-refractivity contribution in [2.75, 3.05) is 11.9 Å². The highest BCUT2D eigenvalue weighted by Gasteiger charge is 2.18. The Morgan fingerprint density at radius 1 is 1.45 bits per heavy atom. The van der Waals surface area contributed by atoms with E-state index in [0.29, 0.717) is 23.2 Å². The smallest absolute Gasteiger partial charge is 0.225 e. The van der Waals surface area contributed by atoms with E-state index in [2.05, 4.69) is 15.6 Å². The number of rotatable bonds is 3. The van der Waals surface area contributed by atoms with Gasteiger partial charge in [0.05, 0.1) is 16.2 Å². The standard InChI is InChI=1S/C15H16ClN3O/c16-12-5-6-13(15-11(12)4-2-8-18-15)19-14(20)9-10-3-1-7-17-10/h2,4-6,8,10,17H,1,3,7,9H2,(H,19,20). The number of hydrogen-bond donors (Lipinski definition) is 2. The fraction of sp³-hybridized carbons (Fsp3) is 0.333. The summed E-state index contributed by atoms with van der Waals surface area (Å²) in [5.74, 6) is 0.0127. The maximum Gasteiger partial charge on any atom is 0.225 e. The lowest BCUT2D eigenvalue weighted by molar-refractivity contribution is -0.116. The average molecular weight is 290 g/mol. The molecule has 2 heterocycles. The van der Waals surface area contributed by atoms with Crippen LogP contribution in [0.1, 0.15) is 19.3 Å². The Hall–Kier alpha value is -1.65. The molecule has 0 bridgehead atoms. The number of halogens is 1. The van der Waals surface area contributed by atoms with Crippen molar-refractivity contribution in [2.45, 2.75) is 25.3 Å². The van der Waals surface area contributed by atoms with Gasteiger partial charge in [0, 0.05) is 24.0 Å². The Bertz CT molecular complexity index is 638. The van der Waals surface area contributed by atoms with Crippen molar-refractivity contribution in [1.29, 1.82) is 0 Å². The average Bonchev–Trinajstić information content (AvgIpc) is 2.95. The van der Waals surface area contributed by atoms with Crippen molar-refractivity contribution in [3.63, 3.8) is 0 Å². The summed E-state index contributed by atoms with van der Waals surface area (Å²) in [6.07, 6.45) is 4.40. The van der Waals surface area contributed by atoms with E-state index >= 15 is 0 Å². The first-order chi connectivity index (χ1) is 9.74. The maximum absolute atomic E-state index is 12.1. The highest BCUT2D eigenvalue weighted by Crippen LogP contribution is 2.28. The minimum Gasteiger partial charge on any atom is -0.324 e. The molecule has 0 spiro atoms. The van der Waals surface area contributed by atoms with Gasteiger partial charge >= 0.3 is 0 Å². The third-order valence-corrected chi connectivity index (χ3v) is 3.91. The monoisotopic (exact) mass is 289 g/mol. The van der Waals surface area contributed by atoms with E-state index in [4.69, 9.17) is 11.6 Å². The fourth-order valence-corrected chi connectivity index (χ4v) is 2.81. The highest BCUT2D eigenvalue weighted by molar-refractivity contribution is 6.35. The van der Waals surface area contributed by atoms with E-state index in [1.54, 1.807) is 18.3 Å². The van der Waals surface area contributed by atoms with Crippen molar-refractivity contribution in [1.82, 2.24) is 10.3 Å². The van der Waals surface area contributed by atoms with Crippen LogP contribution in [-0.4, -0.2) is 23.5 Å². The van der Waals surface area contributed by atoms with E-state index in [-0.39, 0.29) is 5.91 Å². The molecule has 4 nitrogen and oxygen atoms in total. The van der Waals surface area contributed by atoms with Gasteiger partial charge in [-0.3, -0.25) is 9.78 Å². The summed E-state index contributed by atoms with van der Waals surface area (Å²) in [6, 6.07) is 7.62. The molecule has 2 N–H and O–H groups in total. The quantitative estimate of drug-likeness (QED) is 0.913. The first-order valence-corrected chi connectivity index (χ1v) is 7.18. The van der Waals surface area contributed by atoms with Crippen molar-refractivity contribution >= 4 is 34.1 Å². The molecule has 0 radical (unpaired) electrons. The molecule has 1 aliphatic rings. The largest absolute Gasteiger partial charge is 0.324 e. The predicted octanol–water partition coefficient (Wildman–Crippen LogP) is 2.97. The maximum atomic E-state index is 12.1. The first-order valence-electron chi connectivity index (χ1n) is 6.80. The topological polar surface area (TPSA) is 54.0 Å². The number of benzene rings is 1. The molecule has 0 saturated carbocycles. The zero-order chi connectivity index (χ0) is 13.9. The molecule has 1 amide bonds. The van der Waals surface area contributed by atoms with Crippen LogP contribution in [0.2, 0.25) is 5.02 Å². The van der Waals surface area contributed by atoms with Crippen molar-refractivity contribution in [3.05, 3.63) is 35.5 Å². The predicted molar refractivity (Wildman–Crippen MR) is 81.0 cm³/mol. The number of carbonyl (C=O) groups excluding carboxylic acids is 1. The number of carbonyl (C=O) groups is 1. The molecule has 3 rings (SSSR count). The third-order valence-electron chi connectivity index (χ3n) is 3.58. The third kappa shape index (κ3) is 2.76. The molecule has 1 fully saturated rings. The zero-order valence-corrected chi connectivity index (χ0v) is 11.8. The fourth-order valence-electron chi connectivity index (χ4n) is 2.59. The van der Waals surface area contributed by atoms with Crippen LogP contribution in [0.25, 0.3) is 10.9 Å². The summed E-state index contributed by atoms with van der Waals surface area (Å²) >= 11 is 6.14. The molecule has 20 heavy (non-hydrogen) atoms. The number of pyridine rings is 1. The summed E-state index contributed by atoms with van der Waals surface area (Å²) < 4.78 is 0. The van der Waals surface area contributed by atoms with Crippen LogP contribution >= 0.6 is 11.6 Å². The minimum atomic E-state index is 0.0127. The minimum absolute atomic E-state index is 0.0127. The van der Waals surface area contributed by atoms with Gasteiger partial charge in [-0.05, 0) is 43.7 Å². The van der Waals surface area contributed by atoms with Gasteiger partial charge in [0.2, 0.25) is 5.91 Å². The lowest BCUT2D eigenvalue weighted by atomic mass is 10.1. The molecule has 2 aromatic rings. The Balaban J connectivity index is 1.80. The number of nitrogens with one attached hydrogen (secondary N) is 2. The molecule has 1 unspecified atom stereocenters. The van der Waals surface area contributed by atoms with E-state index < -0.39 is 0 Å². The van der Waals surface area contributed by atoms with E-state index in [9.17, 15) is 4.79 Å². The molecule has 5 heteroatoms. The SMILES string of the molecule is O=C(CC1CCCN1)Nc1ccc(Cl)c2cccnc12. The molecule has 1 aromatic heterocycles. The van der Waals surface area contributed by atoms with Gasteiger partial charge in [0.25, 0.3) is 0 Å². The normalized spacial score (nSPS) is 18.4. The lowest BCUT2D eigenvalue weighted by Crippen LogP contribution is -2.27. The Labute approximate surface area is 122 Å². The van der Waals surface area contributed by atoms with Gasteiger partial charge in [-0.1, -0.05) is 11.6 Å². The second-order valence-electron chi connectivity index (χ2n) is 5.04. The molecule has 1 atom stereocenters. The van der Waals surface area contributed by atoms with Crippen LogP contribution < -0.4 is 10.6 Å². The van der Waals surface area contributed by atoms with E-state index in [0.717, 1.165) is 30.3 Å². The van der Waals surface area contributed by atoms with Crippen LogP contribution in [0.3, 0.4) is 0 Å². The van der Waals surface area contributed by atoms with E-state index in [1.807, 2.05) is 12.1 Å². The van der Waals surface area contributed by atoms with Gasteiger partial charge in [0.1, 0.15) is 0 Å². The van der Waals surface area contributed by atoms with Gasteiger partial charge in [-0.2, -0.15) is 0 Å². The van der Waals surface area contributed by atoms with Gasteiger partial charge < -0.3 is 10.6 Å². The summed E-state index contributed by atoms with van der Waals surface area (Å²) in [4.78, 5) is 16.4. The molecule has 1 aliphatic heterocycles. The summed E-state index contributed by atoms with van der Waals surface area (Å²) in [5.41, 5.74) is 1.45. The number of hydrogen-bond acceptors (Lipinski definition) is 3. The molecular formula is C15H16ClN3O. The van der Waals surface area contributed by atoms with Crippen LogP contribution in [0.15, 0.2) is 30.5 Å². The summed E-state index contributed by atoms with van der Waals surface area (Å²) in [5, 5.41) is 7.76. The van der Waals surface area contributed by atoms with E-state index in [1.165, 1.54) is 0 Å². The first kappa shape index (κ1) is 13.3. The van der Waals surface area contributed by atoms with Gasteiger partial charge in [-0.15, -0.1) is 0 Å². The molecule has 104 valence electrons. The number of anilines is 1. The second-order valence-corrected chi connectivity index (χ2v) is 5.45. The highest BCUT2D eigenvalue weighted by atomic mass is 35.5. The number of fused-ring (bicyclic) bond motifs is 1. The summed E-state index contributed by atoms with van der Waals surface area (Å²) in [7, 11) is 0. The number of nitrogens with zero attached hydrogens (tertiary/aromatic N) is 1. The zero-order valence-electron chi connectivity index (χ0n) is 11.0. The Morgan fingerprint density at radius 2 is 2.35 bits per heavy atom. The lowest BCUT2D eigenvalue weighted by Gasteiger charge is -2.12. The van der Waals surface area contributed by atoms with Gasteiger partial charge in [-0.25, -0.2) is 0 Å².